The van der Waals surface area contributed by atoms with E-state index in [4.69, 9.17) is 10.5 Å². The van der Waals surface area contributed by atoms with Gasteiger partial charge in [-0.15, -0.1) is 0 Å². The van der Waals surface area contributed by atoms with Crippen molar-refractivity contribution in [3.05, 3.63) is 76.7 Å². The summed E-state index contributed by atoms with van der Waals surface area (Å²) in [5, 5.41) is 22.4. The van der Waals surface area contributed by atoms with Crippen LogP contribution in [0.5, 0.6) is 11.5 Å². The first-order valence-corrected chi connectivity index (χ1v) is 14.9. The van der Waals surface area contributed by atoms with E-state index >= 15 is 0 Å². The molecular formula is C34H43N3O5. The first-order valence-electron chi connectivity index (χ1n) is 14.9. The number of methoxy groups -OCH3 is 1. The fourth-order valence-corrected chi connectivity index (χ4v) is 6.08. The zero-order valence-electron chi connectivity index (χ0n) is 24.7. The number of phenolic OH excluding ortho intramolecular Hbond substituents is 1. The molecule has 0 saturated heterocycles. The van der Waals surface area contributed by atoms with E-state index < -0.39 is 11.3 Å². The highest BCUT2D eigenvalue weighted by Crippen LogP contribution is 2.53. The summed E-state index contributed by atoms with van der Waals surface area (Å²) >= 11 is 0. The molecule has 4 rings (SSSR count). The first-order chi connectivity index (χ1) is 20.3. The van der Waals surface area contributed by atoms with Crippen molar-refractivity contribution in [2.45, 2.75) is 77.0 Å². The quantitative estimate of drug-likeness (QED) is 0.123. The van der Waals surface area contributed by atoms with Gasteiger partial charge in [0.1, 0.15) is 17.4 Å². The molecule has 0 amide bonds. The van der Waals surface area contributed by atoms with E-state index in [-0.39, 0.29) is 42.5 Å². The van der Waals surface area contributed by atoms with Crippen LogP contribution >= 0.6 is 0 Å². The first kappa shape index (κ1) is 31.0. The molecule has 42 heavy (non-hydrogen) atoms. The minimum Gasteiger partial charge on any atom is -0.504 e. The second-order valence-corrected chi connectivity index (χ2v) is 11.4. The number of aromatic hydroxyl groups is 1. The van der Waals surface area contributed by atoms with E-state index in [1.54, 1.807) is 12.3 Å². The Morgan fingerprint density at radius 2 is 1.88 bits per heavy atom. The molecule has 1 aliphatic rings. The van der Waals surface area contributed by atoms with Crippen LogP contribution in [0, 0.1) is 5.41 Å². The van der Waals surface area contributed by atoms with Crippen LogP contribution in [-0.4, -0.2) is 45.5 Å². The van der Waals surface area contributed by atoms with Gasteiger partial charge in [-0.3, -0.25) is 9.59 Å². The number of ether oxygens (including phenoxy) is 1. The van der Waals surface area contributed by atoms with Gasteiger partial charge in [-0.1, -0.05) is 50.8 Å². The van der Waals surface area contributed by atoms with Crippen LogP contribution < -0.4 is 10.5 Å². The van der Waals surface area contributed by atoms with Gasteiger partial charge in [-0.25, -0.2) is 4.98 Å². The number of ketones is 2. The Bertz CT molecular complexity index is 1400. The molecule has 0 unspecified atom stereocenters. The average Bonchev–Trinajstić information content (AvgIpc) is 3.49. The lowest BCUT2D eigenvalue weighted by Gasteiger charge is -2.41. The number of aromatic amines is 1. The van der Waals surface area contributed by atoms with E-state index in [0.29, 0.717) is 30.6 Å². The second-order valence-electron chi connectivity index (χ2n) is 11.4. The minimum atomic E-state index is -0.813. The standard InChI is InChI=1S/C34H43N3O5/c1-3-4-5-6-7-10-25(39)20-26(40)12-11-23-18-29(32(41)30(19-23)42-2)31-27-14-17-37-33(35)28(27)13-15-34(31,22-38)21-24-9-8-16-36-24/h8-9,13-19,31,36,38,41H,3-7,10-12,20-22H2,1-2H3,(H2,35,37)/t31-,34-/m0/s1. The minimum absolute atomic E-state index is 0.00526. The number of Topliss-reactive ketones (excluding diaryl/α,β-unsaturated/α-hetero) is 2. The number of benzene rings is 1. The SMILES string of the molecule is CCCCCCCC(=O)CC(=O)CCc1cc(OC)c(O)c([C@@H]2c3ccnc(N)c3C=C[C@@]2(CO)Cc2ccc[nH]2)c1. The number of anilines is 1. The summed E-state index contributed by atoms with van der Waals surface area (Å²) in [5.74, 6) is 0.0239. The molecule has 0 radical (unpaired) electrons. The van der Waals surface area contributed by atoms with Crippen LogP contribution in [0.1, 0.15) is 92.2 Å². The molecule has 3 aromatic rings. The number of phenols is 1. The number of unbranched alkanes of at least 4 members (excludes halogenated alkanes) is 4. The number of hydrogen-bond donors (Lipinski definition) is 4. The number of H-pyrrole nitrogens is 1. The largest absolute Gasteiger partial charge is 0.504 e. The molecular weight excluding hydrogens is 530 g/mol. The normalized spacial score (nSPS) is 17.6. The molecule has 2 heterocycles. The van der Waals surface area contributed by atoms with Crippen LogP contribution in [0.3, 0.4) is 0 Å². The number of carbonyl (C=O) groups excluding carboxylic acids is 2. The molecule has 1 aromatic carbocycles. The van der Waals surface area contributed by atoms with Crippen LogP contribution in [0.2, 0.25) is 0 Å². The number of hydrogen-bond acceptors (Lipinski definition) is 7. The molecule has 0 bridgehead atoms. The fourth-order valence-electron chi connectivity index (χ4n) is 6.08. The van der Waals surface area contributed by atoms with Crippen molar-refractivity contribution >= 4 is 23.5 Å². The molecule has 5 N–H and O–H groups in total. The highest BCUT2D eigenvalue weighted by molar-refractivity contribution is 5.99. The maximum absolute atomic E-state index is 12.7. The maximum Gasteiger partial charge on any atom is 0.161 e. The third-order valence-corrected chi connectivity index (χ3v) is 8.34. The fraction of sp³-hybridized carbons (Fsp3) is 0.441. The molecule has 2 atom stereocenters. The highest BCUT2D eigenvalue weighted by Gasteiger charge is 2.44. The molecule has 2 aromatic heterocycles. The van der Waals surface area contributed by atoms with Crippen LogP contribution in [0.25, 0.3) is 6.08 Å². The Balaban J connectivity index is 1.62. The van der Waals surface area contributed by atoms with Gasteiger partial charge in [0.05, 0.1) is 20.1 Å². The van der Waals surface area contributed by atoms with E-state index in [1.807, 2.05) is 42.6 Å². The number of nitrogens with zero attached hydrogens (tertiary/aromatic N) is 1. The van der Waals surface area contributed by atoms with Crippen molar-refractivity contribution in [2.75, 3.05) is 19.5 Å². The maximum atomic E-state index is 12.7. The zero-order valence-corrected chi connectivity index (χ0v) is 24.7. The molecule has 0 aliphatic heterocycles. The summed E-state index contributed by atoms with van der Waals surface area (Å²) in [6.45, 7) is 1.96. The van der Waals surface area contributed by atoms with Gasteiger partial charge in [0.2, 0.25) is 0 Å². The van der Waals surface area contributed by atoms with Gasteiger partial charge >= 0.3 is 0 Å². The number of aromatic nitrogens is 2. The topological polar surface area (TPSA) is 139 Å². The van der Waals surface area contributed by atoms with Crippen molar-refractivity contribution in [2.24, 2.45) is 5.41 Å². The number of nitrogen functional groups attached to an aromatic ring is 1. The lowest BCUT2D eigenvalue weighted by atomic mass is 9.63. The average molecular weight is 574 g/mol. The highest BCUT2D eigenvalue weighted by atomic mass is 16.5. The number of nitrogens with two attached hydrogens (primary N) is 1. The van der Waals surface area contributed by atoms with Crippen molar-refractivity contribution in [3.8, 4) is 11.5 Å². The molecule has 8 heteroatoms. The van der Waals surface area contributed by atoms with Crippen molar-refractivity contribution in [3.63, 3.8) is 0 Å². The second kappa shape index (κ2) is 14.3. The summed E-state index contributed by atoms with van der Waals surface area (Å²) < 4.78 is 5.57. The Morgan fingerprint density at radius 1 is 1.10 bits per heavy atom. The van der Waals surface area contributed by atoms with Crippen LogP contribution in [0.15, 0.2) is 48.8 Å². The predicted octanol–water partition coefficient (Wildman–Crippen LogP) is 5.91. The van der Waals surface area contributed by atoms with E-state index in [2.05, 4.69) is 16.9 Å². The molecule has 224 valence electrons. The van der Waals surface area contributed by atoms with E-state index in [0.717, 1.165) is 48.1 Å². The van der Waals surface area contributed by atoms with E-state index in [1.165, 1.54) is 13.5 Å². The molecule has 8 nitrogen and oxygen atoms in total. The summed E-state index contributed by atoms with van der Waals surface area (Å²) in [7, 11) is 1.49. The number of fused-ring (bicyclic) bond motifs is 1. The Labute approximate surface area is 248 Å². The van der Waals surface area contributed by atoms with Gasteiger partial charge in [-0.05, 0) is 54.7 Å². The van der Waals surface area contributed by atoms with Gasteiger partial charge in [-0.2, -0.15) is 0 Å². The number of pyridine rings is 1. The number of nitrogens with one attached hydrogen (secondary N) is 1. The Morgan fingerprint density at radius 3 is 2.60 bits per heavy atom. The lowest BCUT2D eigenvalue weighted by Crippen LogP contribution is -2.36. The molecule has 0 fully saturated rings. The van der Waals surface area contributed by atoms with Crippen LogP contribution in [-0.2, 0) is 22.4 Å². The van der Waals surface area contributed by atoms with Gasteiger partial charge in [0, 0.05) is 53.4 Å². The number of aryl methyl sites for hydroxylation is 1. The lowest BCUT2D eigenvalue weighted by molar-refractivity contribution is -0.127. The van der Waals surface area contributed by atoms with E-state index in [9.17, 15) is 19.8 Å². The van der Waals surface area contributed by atoms with Crippen molar-refractivity contribution < 1.29 is 24.5 Å². The third-order valence-electron chi connectivity index (χ3n) is 8.34. The third kappa shape index (κ3) is 7.10. The zero-order chi connectivity index (χ0) is 30.1. The number of aliphatic hydroxyl groups is 1. The van der Waals surface area contributed by atoms with Gasteiger partial charge < -0.3 is 25.7 Å². The molecule has 0 spiro atoms. The smallest absolute Gasteiger partial charge is 0.161 e. The summed E-state index contributed by atoms with van der Waals surface area (Å²) in [4.78, 5) is 32.6. The van der Waals surface area contributed by atoms with Crippen molar-refractivity contribution in [1.29, 1.82) is 0 Å². The number of aliphatic hydroxyl groups excluding tert-OH is 1. The Kier molecular flexibility index (Phi) is 10.6. The van der Waals surface area contributed by atoms with Crippen molar-refractivity contribution in [1.82, 2.24) is 9.97 Å². The van der Waals surface area contributed by atoms with Gasteiger partial charge in [0.25, 0.3) is 0 Å². The summed E-state index contributed by atoms with van der Waals surface area (Å²) in [5.41, 5.74) is 9.32. The molecule has 1 aliphatic carbocycles. The predicted molar refractivity (Wildman–Crippen MR) is 165 cm³/mol. The number of rotatable bonds is 16. The van der Waals surface area contributed by atoms with Crippen LogP contribution in [0.4, 0.5) is 5.82 Å². The van der Waals surface area contributed by atoms with Gasteiger partial charge in [0.15, 0.2) is 11.5 Å². The number of carbonyl (C=O) groups is 2. The molecule has 0 saturated carbocycles. The monoisotopic (exact) mass is 573 g/mol. The summed E-state index contributed by atoms with van der Waals surface area (Å²) in [6.07, 6.45) is 14.1. The Hall–Kier alpha value is -3.91. The summed E-state index contributed by atoms with van der Waals surface area (Å²) in [6, 6.07) is 9.35.